The number of carbonyl (C=O) groups excluding carboxylic acids is 1. The second kappa shape index (κ2) is 10.8. The van der Waals surface area contributed by atoms with Gasteiger partial charge < -0.3 is 14.4 Å². The summed E-state index contributed by atoms with van der Waals surface area (Å²) in [6, 6.07) is 0.257. The van der Waals surface area contributed by atoms with Crippen molar-refractivity contribution in [3.05, 3.63) is 0 Å². The molecule has 0 unspecified atom stereocenters. The van der Waals surface area contributed by atoms with E-state index in [1.54, 1.807) is 7.11 Å². The lowest BCUT2D eigenvalue weighted by Crippen LogP contribution is -2.43. The van der Waals surface area contributed by atoms with Crippen LogP contribution < -0.4 is 0 Å². The molecule has 1 amide bonds. The Morgan fingerprint density at radius 3 is 2.41 bits per heavy atom. The second-order valence-electron chi connectivity index (χ2n) is 3.79. The van der Waals surface area contributed by atoms with Crippen molar-refractivity contribution in [3.8, 4) is 0 Å². The molecule has 0 N–H and O–H groups in total. The Balaban J connectivity index is 4.13. The average Bonchev–Trinajstić information content (AvgIpc) is 2.34. The predicted molar refractivity (Wildman–Crippen MR) is 69.5 cm³/mol. The molecule has 5 heteroatoms. The van der Waals surface area contributed by atoms with Crippen molar-refractivity contribution in [1.82, 2.24) is 4.90 Å². The molecule has 0 spiro atoms. The van der Waals surface area contributed by atoms with Crippen molar-refractivity contribution >= 4 is 17.5 Å². The van der Waals surface area contributed by atoms with Crippen molar-refractivity contribution in [2.24, 2.45) is 0 Å². The second-order valence-corrected chi connectivity index (χ2v) is 4.17. The summed E-state index contributed by atoms with van der Waals surface area (Å²) in [7, 11) is 1.61. The quantitative estimate of drug-likeness (QED) is 0.447. The molecule has 0 saturated carbocycles. The van der Waals surface area contributed by atoms with Crippen molar-refractivity contribution in [2.75, 3.05) is 39.4 Å². The minimum atomic E-state index is 0.00968. The maximum absolute atomic E-state index is 12.0. The van der Waals surface area contributed by atoms with Crippen molar-refractivity contribution in [1.29, 1.82) is 0 Å². The zero-order chi connectivity index (χ0) is 13.1. The van der Waals surface area contributed by atoms with E-state index in [1.165, 1.54) is 0 Å². The van der Waals surface area contributed by atoms with Gasteiger partial charge in [0.1, 0.15) is 6.61 Å². The number of nitrogens with zero attached hydrogens (tertiary/aromatic N) is 1. The highest BCUT2D eigenvalue weighted by Gasteiger charge is 2.20. The standard InChI is InChI=1S/C12H24ClNO3/c1-4-11(5-2)14(7-6-13)12(15)10-17-9-8-16-3/h11H,4-10H2,1-3H3. The summed E-state index contributed by atoms with van der Waals surface area (Å²) in [5.74, 6) is 0.468. The first-order valence-electron chi connectivity index (χ1n) is 6.13. The van der Waals surface area contributed by atoms with E-state index in [4.69, 9.17) is 21.1 Å². The zero-order valence-electron chi connectivity index (χ0n) is 11.1. The SMILES string of the molecule is CCC(CC)N(CCCl)C(=O)COCCOC. The molecule has 0 bridgehead atoms. The van der Waals surface area contributed by atoms with Gasteiger partial charge in [-0.2, -0.15) is 0 Å². The molecule has 0 aliphatic carbocycles. The Hall–Kier alpha value is -0.320. The third kappa shape index (κ3) is 6.86. The van der Waals surface area contributed by atoms with Crippen LogP contribution in [0.3, 0.4) is 0 Å². The molecule has 0 aromatic rings. The van der Waals surface area contributed by atoms with E-state index < -0.39 is 0 Å². The van der Waals surface area contributed by atoms with Crippen LogP contribution in [0.2, 0.25) is 0 Å². The van der Waals surface area contributed by atoms with Crippen LogP contribution in [0.5, 0.6) is 0 Å². The maximum Gasteiger partial charge on any atom is 0.248 e. The van der Waals surface area contributed by atoms with Gasteiger partial charge in [0.15, 0.2) is 0 Å². The minimum Gasteiger partial charge on any atom is -0.382 e. The molecule has 0 saturated heterocycles. The molecule has 0 fully saturated rings. The fourth-order valence-corrected chi connectivity index (χ4v) is 1.90. The number of hydrogen-bond acceptors (Lipinski definition) is 3. The van der Waals surface area contributed by atoms with E-state index in [9.17, 15) is 4.79 Å². The molecule has 0 aliphatic rings. The highest BCUT2D eigenvalue weighted by atomic mass is 35.5. The number of carbonyl (C=O) groups is 1. The van der Waals surface area contributed by atoms with Crippen molar-refractivity contribution in [3.63, 3.8) is 0 Å². The summed E-state index contributed by atoms with van der Waals surface area (Å²) < 4.78 is 10.1. The van der Waals surface area contributed by atoms with Crippen LogP contribution in [0.15, 0.2) is 0 Å². The molecular formula is C12H24ClNO3. The monoisotopic (exact) mass is 265 g/mol. The summed E-state index contributed by atoms with van der Waals surface area (Å²) in [6.07, 6.45) is 1.88. The number of ether oxygens (including phenoxy) is 2. The fraction of sp³-hybridized carbons (Fsp3) is 0.917. The molecule has 4 nitrogen and oxygen atoms in total. The molecule has 0 aliphatic heterocycles. The molecule has 0 heterocycles. The first-order chi connectivity index (χ1) is 8.21. The van der Waals surface area contributed by atoms with Crippen LogP contribution in [0.1, 0.15) is 26.7 Å². The molecule has 102 valence electrons. The Labute approximate surface area is 109 Å². The van der Waals surface area contributed by atoms with Crippen LogP contribution in [0.25, 0.3) is 0 Å². The lowest BCUT2D eigenvalue weighted by molar-refractivity contribution is -0.138. The number of hydrogen-bond donors (Lipinski definition) is 0. The summed E-state index contributed by atoms with van der Waals surface area (Å²) >= 11 is 5.73. The largest absolute Gasteiger partial charge is 0.382 e. The normalized spacial score (nSPS) is 10.9. The van der Waals surface area contributed by atoms with Crippen molar-refractivity contribution in [2.45, 2.75) is 32.7 Å². The van der Waals surface area contributed by atoms with Crippen molar-refractivity contribution < 1.29 is 14.3 Å². The molecular weight excluding hydrogens is 242 g/mol. The Kier molecular flexibility index (Phi) is 10.6. The van der Waals surface area contributed by atoms with Gasteiger partial charge in [-0.25, -0.2) is 0 Å². The van der Waals surface area contributed by atoms with Crippen LogP contribution in [-0.2, 0) is 14.3 Å². The summed E-state index contributed by atoms with van der Waals surface area (Å²) in [6.45, 7) is 5.80. The van der Waals surface area contributed by atoms with E-state index in [0.29, 0.717) is 25.6 Å². The van der Waals surface area contributed by atoms with Crippen LogP contribution in [-0.4, -0.2) is 56.2 Å². The smallest absolute Gasteiger partial charge is 0.248 e. The topological polar surface area (TPSA) is 38.8 Å². The summed E-state index contributed by atoms with van der Waals surface area (Å²) in [5.41, 5.74) is 0. The first-order valence-corrected chi connectivity index (χ1v) is 6.66. The first kappa shape index (κ1) is 16.7. The maximum atomic E-state index is 12.0. The molecule has 0 rings (SSSR count). The van der Waals surface area contributed by atoms with E-state index in [-0.39, 0.29) is 18.6 Å². The number of amides is 1. The van der Waals surface area contributed by atoms with Gasteiger partial charge in [0.05, 0.1) is 13.2 Å². The van der Waals surface area contributed by atoms with E-state index in [0.717, 1.165) is 12.8 Å². The lowest BCUT2D eigenvalue weighted by atomic mass is 10.1. The van der Waals surface area contributed by atoms with E-state index >= 15 is 0 Å². The number of rotatable bonds is 10. The third-order valence-electron chi connectivity index (χ3n) is 2.69. The third-order valence-corrected chi connectivity index (χ3v) is 2.86. The Morgan fingerprint density at radius 1 is 1.29 bits per heavy atom. The zero-order valence-corrected chi connectivity index (χ0v) is 11.8. The predicted octanol–water partition coefficient (Wildman–Crippen LogP) is 1.91. The van der Waals surface area contributed by atoms with Gasteiger partial charge in [0, 0.05) is 25.6 Å². The van der Waals surface area contributed by atoms with Gasteiger partial charge in [0.25, 0.3) is 0 Å². The van der Waals surface area contributed by atoms with Gasteiger partial charge in [-0.15, -0.1) is 11.6 Å². The fourth-order valence-electron chi connectivity index (χ4n) is 1.72. The van der Waals surface area contributed by atoms with Gasteiger partial charge in [-0.05, 0) is 12.8 Å². The summed E-state index contributed by atoms with van der Waals surface area (Å²) in [5, 5.41) is 0. The van der Waals surface area contributed by atoms with Gasteiger partial charge in [-0.1, -0.05) is 13.8 Å². The lowest BCUT2D eigenvalue weighted by Gasteiger charge is -2.29. The van der Waals surface area contributed by atoms with Crippen LogP contribution in [0, 0.1) is 0 Å². The number of methoxy groups -OCH3 is 1. The summed E-state index contributed by atoms with van der Waals surface area (Å²) in [4.78, 5) is 13.8. The van der Waals surface area contributed by atoms with Gasteiger partial charge in [0.2, 0.25) is 5.91 Å². The number of alkyl halides is 1. The molecule has 0 atom stereocenters. The average molecular weight is 266 g/mol. The molecule has 0 aromatic carbocycles. The number of halogens is 1. The van der Waals surface area contributed by atoms with Crippen LogP contribution in [0.4, 0.5) is 0 Å². The highest BCUT2D eigenvalue weighted by Crippen LogP contribution is 2.09. The Bertz CT molecular complexity index is 198. The molecule has 0 aromatic heterocycles. The molecule has 0 radical (unpaired) electrons. The minimum absolute atomic E-state index is 0.00968. The van der Waals surface area contributed by atoms with E-state index in [2.05, 4.69) is 13.8 Å². The van der Waals surface area contributed by atoms with Gasteiger partial charge in [-0.3, -0.25) is 4.79 Å². The van der Waals surface area contributed by atoms with Gasteiger partial charge >= 0.3 is 0 Å². The van der Waals surface area contributed by atoms with E-state index in [1.807, 2.05) is 4.90 Å². The molecule has 17 heavy (non-hydrogen) atoms. The Morgan fingerprint density at radius 2 is 1.94 bits per heavy atom. The van der Waals surface area contributed by atoms with Crippen LogP contribution >= 0.6 is 11.6 Å². The highest BCUT2D eigenvalue weighted by molar-refractivity contribution is 6.18.